The molecule has 20 heavy (non-hydrogen) atoms. The van der Waals surface area contributed by atoms with Crippen molar-refractivity contribution < 1.29 is 19.8 Å². The van der Waals surface area contributed by atoms with Crippen LogP contribution in [-0.2, 0) is 4.79 Å². The zero-order valence-electron chi connectivity index (χ0n) is 10.8. The van der Waals surface area contributed by atoms with Gasteiger partial charge in [-0.3, -0.25) is 0 Å². The van der Waals surface area contributed by atoms with E-state index in [4.69, 9.17) is 16.7 Å². The minimum Gasteiger partial charge on any atom is -0.480 e. The topological polar surface area (TPSA) is 89.9 Å². The number of aliphatic carboxylic acids is 1. The van der Waals surface area contributed by atoms with Gasteiger partial charge in [-0.15, -0.1) is 0 Å². The van der Waals surface area contributed by atoms with Gasteiger partial charge in [-0.1, -0.05) is 17.7 Å². The van der Waals surface area contributed by atoms with Gasteiger partial charge in [0.15, 0.2) is 0 Å². The van der Waals surface area contributed by atoms with Crippen LogP contribution in [0.2, 0.25) is 5.02 Å². The smallest absolute Gasteiger partial charge is 0.326 e. The van der Waals surface area contributed by atoms with E-state index in [0.717, 1.165) is 10.5 Å². The Bertz CT molecular complexity index is 549. The number of carboxylic acids is 1. The first-order valence-electron chi connectivity index (χ1n) is 6.13. The summed E-state index contributed by atoms with van der Waals surface area (Å²) in [6.45, 7) is 1.86. The van der Waals surface area contributed by atoms with Gasteiger partial charge in [0.25, 0.3) is 0 Å². The van der Waals surface area contributed by atoms with Gasteiger partial charge in [0.1, 0.15) is 6.04 Å². The molecule has 2 rings (SSSR count). The van der Waals surface area contributed by atoms with E-state index in [2.05, 4.69) is 5.32 Å². The molecular formula is C13H15ClN2O4. The standard InChI is InChI=1S/C13H15ClN2O4/c1-7-2-3-10(9(14)4-7)15-13(20)16-6-8(17)5-11(16)12(18)19/h2-4,8,11,17H,5-6H2,1H3,(H,15,20)(H,18,19). The van der Waals surface area contributed by atoms with Crippen LogP contribution in [0.4, 0.5) is 10.5 Å². The Balaban J connectivity index is 2.13. The van der Waals surface area contributed by atoms with Gasteiger partial charge in [-0.2, -0.15) is 0 Å². The Morgan fingerprint density at radius 1 is 1.45 bits per heavy atom. The van der Waals surface area contributed by atoms with Crippen molar-refractivity contribution in [2.45, 2.75) is 25.5 Å². The molecule has 0 spiro atoms. The van der Waals surface area contributed by atoms with Gasteiger partial charge < -0.3 is 20.4 Å². The fourth-order valence-electron chi connectivity index (χ4n) is 2.18. The number of hydrogen-bond acceptors (Lipinski definition) is 3. The molecule has 1 heterocycles. The monoisotopic (exact) mass is 298 g/mol. The van der Waals surface area contributed by atoms with E-state index < -0.39 is 24.1 Å². The Kier molecular flexibility index (Phi) is 4.15. The van der Waals surface area contributed by atoms with E-state index in [-0.39, 0.29) is 13.0 Å². The fraction of sp³-hybridized carbons (Fsp3) is 0.385. The highest BCUT2D eigenvalue weighted by Gasteiger charge is 2.39. The average molecular weight is 299 g/mol. The van der Waals surface area contributed by atoms with Crippen LogP contribution in [-0.4, -0.2) is 45.8 Å². The van der Waals surface area contributed by atoms with Crippen molar-refractivity contribution in [3.63, 3.8) is 0 Å². The molecule has 0 aliphatic carbocycles. The molecule has 0 radical (unpaired) electrons. The molecule has 0 bridgehead atoms. The normalized spacial score (nSPS) is 21.9. The molecule has 1 saturated heterocycles. The second-order valence-corrected chi connectivity index (χ2v) is 5.22. The van der Waals surface area contributed by atoms with Crippen molar-refractivity contribution in [2.75, 3.05) is 11.9 Å². The number of aliphatic hydroxyl groups is 1. The molecule has 1 aromatic rings. The molecule has 7 heteroatoms. The Morgan fingerprint density at radius 2 is 2.15 bits per heavy atom. The summed E-state index contributed by atoms with van der Waals surface area (Å²) in [6, 6.07) is 3.53. The van der Waals surface area contributed by atoms with Gasteiger partial charge in [-0.05, 0) is 24.6 Å². The van der Waals surface area contributed by atoms with E-state index in [1.807, 2.05) is 6.92 Å². The van der Waals surface area contributed by atoms with Crippen LogP contribution in [0.15, 0.2) is 18.2 Å². The van der Waals surface area contributed by atoms with Crippen molar-refractivity contribution in [1.82, 2.24) is 4.90 Å². The number of amides is 2. The first kappa shape index (κ1) is 14.6. The summed E-state index contributed by atoms with van der Waals surface area (Å²) < 4.78 is 0. The van der Waals surface area contributed by atoms with Crippen molar-refractivity contribution in [3.05, 3.63) is 28.8 Å². The number of hydrogen-bond donors (Lipinski definition) is 3. The second kappa shape index (κ2) is 5.68. The minimum atomic E-state index is -1.13. The summed E-state index contributed by atoms with van der Waals surface area (Å²) >= 11 is 6.01. The lowest BCUT2D eigenvalue weighted by atomic mass is 10.2. The number of β-amino-alcohol motifs (C(OH)–C–C–N with tert-alkyl or cyclic N) is 1. The summed E-state index contributed by atoms with van der Waals surface area (Å²) in [5.74, 6) is -1.13. The van der Waals surface area contributed by atoms with E-state index in [1.165, 1.54) is 0 Å². The number of halogens is 1. The Morgan fingerprint density at radius 3 is 2.75 bits per heavy atom. The highest BCUT2D eigenvalue weighted by atomic mass is 35.5. The summed E-state index contributed by atoms with van der Waals surface area (Å²) in [7, 11) is 0. The predicted octanol–water partition coefficient (Wildman–Crippen LogP) is 1.70. The quantitative estimate of drug-likeness (QED) is 0.775. The molecule has 1 aromatic carbocycles. The van der Waals surface area contributed by atoms with Gasteiger partial charge in [-0.25, -0.2) is 9.59 Å². The molecule has 0 aromatic heterocycles. The molecule has 1 fully saturated rings. The number of carbonyl (C=O) groups excluding carboxylic acids is 1. The fourth-order valence-corrected chi connectivity index (χ4v) is 2.46. The molecule has 1 aliphatic rings. The SMILES string of the molecule is Cc1ccc(NC(=O)N2CC(O)CC2C(=O)O)c(Cl)c1. The maximum absolute atomic E-state index is 12.1. The third-order valence-corrected chi connectivity index (χ3v) is 3.50. The van der Waals surface area contributed by atoms with Gasteiger partial charge in [0, 0.05) is 13.0 Å². The number of aliphatic hydroxyl groups excluding tert-OH is 1. The van der Waals surface area contributed by atoms with E-state index >= 15 is 0 Å². The third-order valence-electron chi connectivity index (χ3n) is 3.19. The van der Waals surface area contributed by atoms with Crippen molar-refractivity contribution in [3.8, 4) is 0 Å². The molecule has 6 nitrogen and oxygen atoms in total. The van der Waals surface area contributed by atoms with E-state index in [1.54, 1.807) is 18.2 Å². The first-order chi connectivity index (χ1) is 9.38. The van der Waals surface area contributed by atoms with Crippen LogP contribution in [0.1, 0.15) is 12.0 Å². The molecule has 1 aliphatic heterocycles. The summed E-state index contributed by atoms with van der Waals surface area (Å²) in [4.78, 5) is 24.3. The molecule has 2 amide bonds. The van der Waals surface area contributed by atoms with E-state index in [0.29, 0.717) is 10.7 Å². The van der Waals surface area contributed by atoms with E-state index in [9.17, 15) is 14.7 Å². The van der Waals surface area contributed by atoms with Crippen LogP contribution < -0.4 is 5.32 Å². The summed E-state index contributed by atoms with van der Waals surface area (Å²) in [5, 5.41) is 21.5. The number of carboxylic acid groups (broad SMARTS) is 1. The van der Waals surface area contributed by atoms with Crippen molar-refractivity contribution in [1.29, 1.82) is 0 Å². The lowest BCUT2D eigenvalue weighted by Gasteiger charge is -2.22. The van der Waals surface area contributed by atoms with Crippen LogP contribution in [0.5, 0.6) is 0 Å². The van der Waals surface area contributed by atoms with Crippen LogP contribution in [0.3, 0.4) is 0 Å². The van der Waals surface area contributed by atoms with Gasteiger partial charge in [0.2, 0.25) is 0 Å². The van der Waals surface area contributed by atoms with Crippen molar-refractivity contribution >= 4 is 29.3 Å². The zero-order valence-corrected chi connectivity index (χ0v) is 11.6. The van der Waals surface area contributed by atoms with Crippen LogP contribution >= 0.6 is 11.6 Å². The van der Waals surface area contributed by atoms with Gasteiger partial charge >= 0.3 is 12.0 Å². The number of aryl methyl sites for hydroxylation is 1. The number of urea groups is 1. The number of benzene rings is 1. The third kappa shape index (κ3) is 3.02. The lowest BCUT2D eigenvalue weighted by Crippen LogP contribution is -2.43. The highest BCUT2D eigenvalue weighted by Crippen LogP contribution is 2.25. The Labute approximate surface area is 121 Å². The maximum Gasteiger partial charge on any atom is 0.326 e. The van der Waals surface area contributed by atoms with Crippen LogP contribution in [0.25, 0.3) is 0 Å². The highest BCUT2D eigenvalue weighted by molar-refractivity contribution is 6.33. The lowest BCUT2D eigenvalue weighted by molar-refractivity contribution is -0.141. The largest absolute Gasteiger partial charge is 0.480 e. The molecule has 2 atom stereocenters. The number of likely N-dealkylation sites (tertiary alicyclic amines) is 1. The molecule has 2 unspecified atom stereocenters. The number of rotatable bonds is 2. The number of carbonyl (C=O) groups is 2. The van der Waals surface area contributed by atoms with Crippen LogP contribution in [0, 0.1) is 6.92 Å². The van der Waals surface area contributed by atoms with Gasteiger partial charge in [0.05, 0.1) is 16.8 Å². The molecule has 0 saturated carbocycles. The number of anilines is 1. The molecular weight excluding hydrogens is 284 g/mol. The average Bonchev–Trinajstić information content (AvgIpc) is 2.75. The zero-order chi connectivity index (χ0) is 14.9. The molecule has 3 N–H and O–H groups in total. The predicted molar refractivity (Wildman–Crippen MR) is 74.0 cm³/mol. The van der Waals surface area contributed by atoms with Crippen molar-refractivity contribution in [2.24, 2.45) is 0 Å². The first-order valence-corrected chi connectivity index (χ1v) is 6.51. The summed E-state index contributed by atoms with van der Waals surface area (Å²) in [6.07, 6.45) is -0.792. The summed E-state index contributed by atoms with van der Waals surface area (Å²) in [5.41, 5.74) is 1.36. The Hall–Kier alpha value is -1.79. The second-order valence-electron chi connectivity index (χ2n) is 4.81. The minimum absolute atomic E-state index is 0.00766. The maximum atomic E-state index is 12.1. The molecule has 108 valence electrons. The number of nitrogens with zero attached hydrogens (tertiary/aromatic N) is 1. The number of nitrogens with one attached hydrogen (secondary N) is 1.